The number of aliphatic hydroxyl groups excluding tert-OH is 1. The Morgan fingerprint density at radius 1 is 1.57 bits per heavy atom. The van der Waals surface area contributed by atoms with Crippen LogP contribution in [-0.2, 0) is 0 Å². The molecule has 0 aromatic heterocycles. The van der Waals surface area contributed by atoms with Gasteiger partial charge in [0.05, 0.1) is 17.6 Å². The third-order valence-electron chi connectivity index (χ3n) is 4.30. The number of allylic oxidation sites excluding steroid dienone is 1. The van der Waals surface area contributed by atoms with E-state index in [0.717, 1.165) is 12.8 Å². The van der Waals surface area contributed by atoms with E-state index in [1.54, 1.807) is 0 Å². The highest BCUT2D eigenvalue weighted by Crippen LogP contribution is 2.59. The lowest BCUT2D eigenvalue weighted by Crippen LogP contribution is -2.40. The van der Waals surface area contributed by atoms with Gasteiger partial charge in [-0.25, -0.2) is 0 Å². The summed E-state index contributed by atoms with van der Waals surface area (Å²) in [5.74, 6) is 1.10. The first-order valence-electron chi connectivity index (χ1n) is 5.25. The molecule has 2 aliphatic carbocycles. The predicted molar refractivity (Wildman–Crippen MR) is 54.2 cm³/mol. The number of rotatable bonds is 1. The van der Waals surface area contributed by atoms with Gasteiger partial charge in [0.15, 0.2) is 0 Å². The van der Waals surface area contributed by atoms with Crippen LogP contribution in [0.4, 0.5) is 0 Å². The van der Waals surface area contributed by atoms with E-state index < -0.39 is 11.5 Å². The van der Waals surface area contributed by atoms with Gasteiger partial charge in [0, 0.05) is 0 Å². The van der Waals surface area contributed by atoms with E-state index in [-0.39, 0.29) is 0 Å². The van der Waals surface area contributed by atoms with Crippen molar-refractivity contribution in [3.8, 4) is 6.07 Å². The molecule has 2 saturated carbocycles. The van der Waals surface area contributed by atoms with Crippen LogP contribution in [-0.4, -0.2) is 11.2 Å². The largest absolute Gasteiger partial charge is 0.391 e. The number of nitrogens with zero attached hydrogens (tertiary/aromatic N) is 1. The predicted octanol–water partition coefficient (Wildman–Crippen LogP) is 2.11. The molecule has 0 heterocycles. The lowest BCUT2D eigenvalue weighted by atomic mass is 9.67. The molecule has 0 saturated heterocycles. The van der Waals surface area contributed by atoms with Gasteiger partial charge in [-0.05, 0) is 44.4 Å². The van der Waals surface area contributed by atoms with Gasteiger partial charge >= 0.3 is 0 Å². The molecular formula is C12H17NO. The van der Waals surface area contributed by atoms with Crippen molar-refractivity contribution >= 4 is 0 Å². The van der Waals surface area contributed by atoms with Crippen LogP contribution >= 0.6 is 0 Å². The second-order valence-electron chi connectivity index (χ2n) is 5.13. The van der Waals surface area contributed by atoms with Crippen LogP contribution in [0.5, 0.6) is 0 Å². The minimum absolute atomic E-state index is 0.324. The van der Waals surface area contributed by atoms with Crippen molar-refractivity contribution in [3.63, 3.8) is 0 Å². The average molecular weight is 191 g/mol. The molecule has 2 bridgehead atoms. The molecule has 1 N–H and O–H groups in total. The third kappa shape index (κ3) is 0.994. The fourth-order valence-corrected chi connectivity index (χ4v) is 3.40. The van der Waals surface area contributed by atoms with Crippen molar-refractivity contribution in [1.29, 1.82) is 5.26 Å². The van der Waals surface area contributed by atoms with Crippen LogP contribution in [0.15, 0.2) is 12.2 Å². The summed E-state index contributed by atoms with van der Waals surface area (Å²) in [6.07, 6.45) is 1.61. The Morgan fingerprint density at radius 2 is 2.21 bits per heavy atom. The van der Waals surface area contributed by atoms with E-state index in [1.807, 2.05) is 13.8 Å². The lowest BCUT2D eigenvalue weighted by Gasteiger charge is -2.37. The van der Waals surface area contributed by atoms with Crippen molar-refractivity contribution in [2.75, 3.05) is 0 Å². The Kier molecular flexibility index (Phi) is 1.97. The molecule has 0 aliphatic heterocycles. The summed E-state index contributed by atoms with van der Waals surface area (Å²) in [6.45, 7) is 7.93. The van der Waals surface area contributed by atoms with Crippen molar-refractivity contribution in [3.05, 3.63) is 12.2 Å². The van der Waals surface area contributed by atoms with Crippen LogP contribution in [0, 0.1) is 34.5 Å². The number of fused-ring (bicyclic) bond motifs is 2. The quantitative estimate of drug-likeness (QED) is 0.645. The van der Waals surface area contributed by atoms with Crippen molar-refractivity contribution in [2.24, 2.45) is 23.2 Å². The SMILES string of the molecule is C=C(C)C1CC2CC1C(C)(C#N)C2O. The summed E-state index contributed by atoms with van der Waals surface area (Å²) in [6, 6.07) is 2.32. The van der Waals surface area contributed by atoms with E-state index in [1.165, 1.54) is 5.57 Å². The Balaban J connectivity index is 2.32. The fraction of sp³-hybridized carbons (Fsp3) is 0.750. The first-order chi connectivity index (χ1) is 6.50. The highest BCUT2D eigenvalue weighted by Gasteiger charge is 2.59. The average Bonchev–Trinajstić information content (AvgIpc) is 2.67. The summed E-state index contributed by atoms with van der Waals surface area (Å²) in [7, 11) is 0. The Hall–Kier alpha value is -0.810. The first-order valence-corrected chi connectivity index (χ1v) is 5.25. The minimum atomic E-state index is -0.535. The zero-order chi connectivity index (χ0) is 10.5. The second-order valence-corrected chi connectivity index (χ2v) is 5.13. The van der Waals surface area contributed by atoms with E-state index in [9.17, 15) is 10.4 Å². The highest BCUT2D eigenvalue weighted by atomic mass is 16.3. The van der Waals surface area contributed by atoms with Crippen molar-refractivity contribution in [2.45, 2.75) is 32.8 Å². The molecule has 0 amide bonds. The molecule has 0 spiro atoms. The van der Waals surface area contributed by atoms with Crippen LogP contribution in [0.2, 0.25) is 0 Å². The maximum Gasteiger partial charge on any atom is 0.0840 e. The van der Waals surface area contributed by atoms with Crippen LogP contribution in [0.1, 0.15) is 26.7 Å². The molecule has 2 heteroatoms. The maximum atomic E-state index is 9.99. The first kappa shape index (κ1) is 9.73. The van der Waals surface area contributed by atoms with Crippen LogP contribution in [0.3, 0.4) is 0 Å². The van der Waals surface area contributed by atoms with E-state index >= 15 is 0 Å². The summed E-state index contributed by atoms with van der Waals surface area (Å²) >= 11 is 0. The molecule has 0 aromatic rings. The summed E-state index contributed by atoms with van der Waals surface area (Å²) in [4.78, 5) is 0. The van der Waals surface area contributed by atoms with Gasteiger partial charge in [-0.2, -0.15) is 5.26 Å². The van der Waals surface area contributed by atoms with Gasteiger partial charge in [-0.3, -0.25) is 0 Å². The maximum absolute atomic E-state index is 9.99. The molecule has 5 unspecified atom stereocenters. The molecule has 5 atom stereocenters. The molecular weight excluding hydrogens is 174 g/mol. The number of nitriles is 1. The second kappa shape index (κ2) is 2.84. The standard InChI is InChI=1S/C12H17NO/c1-7(2)9-4-8-5-10(9)12(3,6-13)11(8)14/h8-11,14H,1,4-5H2,2-3H3. The molecule has 0 aromatic carbocycles. The number of aliphatic hydroxyl groups is 1. The van der Waals surface area contributed by atoms with Crippen molar-refractivity contribution < 1.29 is 5.11 Å². The lowest BCUT2D eigenvalue weighted by molar-refractivity contribution is 0.0129. The summed E-state index contributed by atoms with van der Waals surface area (Å²) in [5.41, 5.74) is 0.637. The Morgan fingerprint density at radius 3 is 2.64 bits per heavy atom. The van der Waals surface area contributed by atoms with Crippen molar-refractivity contribution in [1.82, 2.24) is 0 Å². The van der Waals surface area contributed by atoms with Gasteiger partial charge in [-0.15, -0.1) is 0 Å². The highest BCUT2D eigenvalue weighted by molar-refractivity contribution is 5.21. The normalized spacial score (nSPS) is 50.4. The molecule has 2 aliphatic rings. The monoisotopic (exact) mass is 191 g/mol. The summed E-state index contributed by atoms with van der Waals surface area (Å²) in [5, 5.41) is 19.2. The molecule has 2 nitrogen and oxygen atoms in total. The van der Waals surface area contributed by atoms with E-state index in [4.69, 9.17) is 0 Å². The Labute approximate surface area is 85.2 Å². The van der Waals surface area contributed by atoms with Gasteiger partial charge in [0.2, 0.25) is 0 Å². The zero-order valence-electron chi connectivity index (χ0n) is 8.83. The molecule has 14 heavy (non-hydrogen) atoms. The molecule has 0 radical (unpaired) electrons. The third-order valence-corrected chi connectivity index (χ3v) is 4.30. The number of hydrogen-bond acceptors (Lipinski definition) is 2. The number of hydrogen-bond donors (Lipinski definition) is 1. The van der Waals surface area contributed by atoms with Gasteiger partial charge in [0.1, 0.15) is 0 Å². The summed E-state index contributed by atoms with van der Waals surface area (Å²) < 4.78 is 0. The van der Waals surface area contributed by atoms with E-state index in [0.29, 0.717) is 17.8 Å². The van der Waals surface area contributed by atoms with Gasteiger partial charge in [0.25, 0.3) is 0 Å². The molecule has 76 valence electrons. The fourth-order valence-electron chi connectivity index (χ4n) is 3.40. The zero-order valence-corrected chi connectivity index (χ0v) is 8.83. The van der Waals surface area contributed by atoms with Gasteiger partial charge < -0.3 is 5.11 Å². The topological polar surface area (TPSA) is 44.0 Å². The molecule has 2 rings (SSSR count). The minimum Gasteiger partial charge on any atom is -0.391 e. The van der Waals surface area contributed by atoms with Crippen LogP contribution in [0.25, 0.3) is 0 Å². The van der Waals surface area contributed by atoms with Gasteiger partial charge in [-0.1, -0.05) is 12.2 Å². The van der Waals surface area contributed by atoms with E-state index in [2.05, 4.69) is 12.6 Å². The molecule has 2 fully saturated rings. The Bertz CT molecular complexity index is 317. The van der Waals surface area contributed by atoms with Crippen LogP contribution < -0.4 is 0 Å². The smallest absolute Gasteiger partial charge is 0.0840 e.